The van der Waals surface area contributed by atoms with Gasteiger partial charge in [0.25, 0.3) is 0 Å². The van der Waals surface area contributed by atoms with Gasteiger partial charge in [0.05, 0.1) is 5.52 Å². The van der Waals surface area contributed by atoms with Gasteiger partial charge >= 0.3 is 0 Å². The monoisotopic (exact) mass is 282 g/mol. The van der Waals surface area contributed by atoms with Crippen LogP contribution in [0.4, 0.5) is 0 Å². The summed E-state index contributed by atoms with van der Waals surface area (Å²) in [5, 5.41) is 5.09. The lowest BCUT2D eigenvalue weighted by atomic mass is 10.1. The van der Waals surface area contributed by atoms with E-state index in [0.29, 0.717) is 23.8 Å². The standard InChI is InChI=1S/C16H18N4O/c1-2-5-12(17)10-15-19-16(20-21-15)14-9-8-11-6-3-4-7-13(11)18-14/h3-4,6-9,12H,2,5,10,17H2,1H3. The topological polar surface area (TPSA) is 77.8 Å². The molecule has 0 fully saturated rings. The lowest BCUT2D eigenvalue weighted by Gasteiger charge is -2.05. The number of para-hydroxylation sites is 1. The smallest absolute Gasteiger partial charge is 0.228 e. The van der Waals surface area contributed by atoms with Crippen LogP contribution in [0, 0.1) is 0 Å². The molecule has 0 saturated heterocycles. The molecular formula is C16H18N4O. The first-order chi connectivity index (χ1) is 10.3. The van der Waals surface area contributed by atoms with Crippen molar-refractivity contribution in [2.75, 3.05) is 0 Å². The van der Waals surface area contributed by atoms with E-state index in [1.54, 1.807) is 0 Å². The summed E-state index contributed by atoms with van der Waals surface area (Å²) in [5.41, 5.74) is 7.63. The molecule has 5 nitrogen and oxygen atoms in total. The third-order valence-corrected chi connectivity index (χ3v) is 3.39. The van der Waals surface area contributed by atoms with E-state index >= 15 is 0 Å². The van der Waals surface area contributed by atoms with Crippen molar-refractivity contribution in [3.05, 3.63) is 42.3 Å². The van der Waals surface area contributed by atoms with Gasteiger partial charge in [-0.2, -0.15) is 4.98 Å². The molecule has 0 aliphatic heterocycles. The largest absolute Gasteiger partial charge is 0.339 e. The Kier molecular flexibility index (Phi) is 3.92. The Labute approximate surface area is 123 Å². The molecule has 0 saturated carbocycles. The number of fused-ring (bicyclic) bond motifs is 1. The van der Waals surface area contributed by atoms with E-state index in [9.17, 15) is 0 Å². The van der Waals surface area contributed by atoms with E-state index < -0.39 is 0 Å². The van der Waals surface area contributed by atoms with Crippen LogP contribution in [0.1, 0.15) is 25.7 Å². The molecule has 2 aromatic heterocycles. The maximum Gasteiger partial charge on any atom is 0.228 e. The molecular weight excluding hydrogens is 264 g/mol. The minimum absolute atomic E-state index is 0.0628. The Morgan fingerprint density at radius 2 is 2.00 bits per heavy atom. The van der Waals surface area contributed by atoms with Crippen molar-refractivity contribution in [2.45, 2.75) is 32.2 Å². The lowest BCUT2D eigenvalue weighted by Crippen LogP contribution is -2.22. The molecule has 1 atom stereocenters. The molecule has 0 radical (unpaired) electrons. The maximum absolute atomic E-state index is 6.00. The predicted octanol–water partition coefficient (Wildman–Crippen LogP) is 2.95. The molecule has 2 N–H and O–H groups in total. The number of rotatable bonds is 5. The van der Waals surface area contributed by atoms with Crippen LogP contribution >= 0.6 is 0 Å². The molecule has 3 aromatic rings. The minimum atomic E-state index is 0.0628. The van der Waals surface area contributed by atoms with E-state index in [1.807, 2.05) is 36.4 Å². The van der Waals surface area contributed by atoms with E-state index in [-0.39, 0.29) is 6.04 Å². The first-order valence-corrected chi connectivity index (χ1v) is 7.20. The maximum atomic E-state index is 6.00. The predicted molar refractivity (Wildman–Crippen MR) is 81.6 cm³/mol. The second-order valence-electron chi connectivity index (χ2n) is 5.15. The summed E-state index contributed by atoms with van der Waals surface area (Å²) in [7, 11) is 0. The SMILES string of the molecule is CCCC(N)Cc1nc(-c2ccc3ccccc3n2)no1. The van der Waals surface area contributed by atoms with Crippen LogP contribution in [-0.2, 0) is 6.42 Å². The number of nitrogens with two attached hydrogens (primary N) is 1. The Morgan fingerprint density at radius 1 is 1.14 bits per heavy atom. The summed E-state index contributed by atoms with van der Waals surface area (Å²) in [6, 6.07) is 11.9. The fourth-order valence-corrected chi connectivity index (χ4v) is 2.33. The van der Waals surface area contributed by atoms with Crippen LogP contribution in [0.25, 0.3) is 22.4 Å². The van der Waals surface area contributed by atoms with Crippen LogP contribution in [0.5, 0.6) is 0 Å². The van der Waals surface area contributed by atoms with E-state index in [2.05, 4.69) is 22.0 Å². The third-order valence-electron chi connectivity index (χ3n) is 3.39. The number of pyridine rings is 1. The van der Waals surface area contributed by atoms with Crippen LogP contribution in [0.15, 0.2) is 40.9 Å². The van der Waals surface area contributed by atoms with Crippen LogP contribution < -0.4 is 5.73 Å². The molecule has 0 amide bonds. The van der Waals surface area contributed by atoms with Gasteiger partial charge in [0.15, 0.2) is 0 Å². The van der Waals surface area contributed by atoms with Gasteiger partial charge in [-0.05, 0) is 18.6 Å². The second-order valence-corrected chi connectivity index (χ2v) is 5.15. The van der Waals surface area contributed by atoms with Crippen molar-refractivity contribution in [1.29, 1.82) is 0 Å². The van der Waals surface area contributed by atoms with Gasteiger partial charge in [0.1, 0.15) is 5.69 Å². The summed E-state index contributed by atoms with van der Waals surface area (Å²) in [6.07, 6.45) is 2.61. The van der Waals surface area contributed by atoms with Crippen molar-refractivity contribution < 1.29 is 4.52 Å². The van der Waals surface area contributed by atoms with Gasteiger partial charge in [0, 0.05) is 17.8 Å². The summed E-state index contributed by atoms with van der Waals surface area (Å²) in [6.45, 7) is 2.11. The van der Waals surface area contributed by atoms with Crippen molar-refractivity contribution in [1.82, 2.24) is 15.1 Å². The Morgan fingerprint density at radius 3 is 2.86 bits per heavy atom. The molecule has 2 heterocycles. The summed E-state index contributed by atoms with van der Waals surface area (Å²) >= 11 is 0. The molecule has 108 valence electrons. The van der Waals surface area contributed by atoms with E-state index in [0.717, 1.165) is 23.7 Å². The Balaban J connectivity index is 1.84. The number of aromatic nitrogens is 3. The second kappa shape index (κ2) is 6.01. The fourth-order valence-electron chi connectivity index (χ4n) is 2.33. The van der Waals surface area contributed by atoms with Gasteiger partial charge < -0.3 is 10.3 Å². The van der Waals surface area contributed by atoms with E-state index in [4.69, 9.17) is 10.3 Å². The normalized spacial score (nSPS) is 12.7. The highest BCUT2D eigenvalue weighted by atomic mass is 16.5. The van der Waals surface area contributed by atoms with Crippen molar-refractivity contribution in [2.24, 2.45) is 5.73 Å². The van der Waals surface area contributed by atoms with Crippen LogP contribution in [-0.4, -0.2) is 21.2 Å². The summed E-state index contributed by atoms with van der Waals surface area (Å²) in [5.74, 6) is 1.08. The minimum Gasteiger partial charge on any atom is -0.339 e. The Hall–Kier alpha value is -2.27. The molecule has 0 spiro atoms. The van der Waals surface area contributed by atoms with Gasteiger partial charge in [-0.25, -0.2) is 4.98 Å². The first-order valence-electron chi connectivity index (χ1n) is 7.20. The zero-order chi connectivity index (χ0) is 14.7. The number of benzene rings is 1. The molecule has 1 unspecified atom stereocenters. The fraction of sp³-hybridized carbons (Fsp3) is 0.312. The van der Waals surface area contributed by atoms with Crippen molar-refractivity contribution in [3.63, 3.8) is 0 Å². The van der Waals surface area contributed by atoms with Gasteiger partial charge in [-0.15, -0.1) is 0 Å². The number of hydrogen-bond acceptors (Lipinski definition) is 5. The first kappa shape index (κ1) is 13.7. The highest BCUT2D eigenvalue weighted by Gasteiger charge is 2.13. The zero-order valence-corrected chi connectivity index (χ0v) is 12.0. The molecule has 21 heavy (non-hydrogen) atoms. The lowest BCUT2D eigenvalue weighted by molar-refractivity contribution is 0.366. The van der Waals surface area contributed by atoms with Crippen LogP contribution in [0.3, 0.4) is 0 Å². The van der Waals surface area contributed by atoms with E-state index in [1.165, 1.54) is 0 Å². The average Bonchev–Trinajstić information content (AvgIpc) is 2.95. The van der Waals surface area contributed by atoms with Gasteiger partial charge in [-0.3, -0.25) is 0 Å². The highest BCUT2D eigenvalue weighted by Crippen LogP contribution is 2.19. The van der Waals surface area contributed by atoms with Gasteiger partial charge in [0.2, 0.25) is 11.7 Å². The van der Waals surface area contributed by atoms with Crippen LogP contribution in [0.2, 0.25) is 0 Å². The molecule has 5 heteroatoms. The third kappa shape index (κ3) is 3.08. The average molecular weight is 282 g/mol. The molecule has 0 aliphatic carbocycles. The summed E-state index contributed by atoms with van der Waals surface area (Å²) in [4.78, 5) is 8.95. The number of nitrogens with zero attached hydrogens (tertiary/aromatic N) is 3. The van der Waals surface area contributed by atoms with Crippen molar-refractivity contribution >= 4 is 10.9 Å². The molecule has 1 aromatic carbocycles. The molecule has 0 aliphatic rings. The van der Waals surface area contributed by atoms with Gasteiger partial charge in [-0.1, -0.05) is 42.8 Å². The number of hydrogen-bond donors (Lipinski definition) is 1. The molecule has 3 rings (SSSR count). The zero-order valence-electron chi connectivity index (χ0n) is 12.0. The molecule has 0 bridgehead atoms. The highest BCUT2D eigenvalue weighted by molar-refractivity contribution is 5.80. The quantitative estimate of drug-likeness (QED) is 0.778. The summed E-state index contributed by atoms with van der Waals surface area (Å²) < 4.78 is 5.27. The van der Waals surface area contributed by atoms with Crippen molar-refractivity contribution in [3.8, 4) is 11.5 Å². The Bertz CT molecular complexity index is 738.